The predicted octanol–water partition coefficient (Wildman–Crippen LogP) is 2.78. The van der Waals surface area contributed by atoms with Gasteiger partial charge >= 0.3 is 0 Å². The van der Waals surface area contributed by atoms with E-state index in [0.29, 0.717) is 6.42 Å². The van der Waals surface area contributed by atoms with E-state index in [1.54, 1.807) is 0 Å². The second-order valence-electron chi connectivity index (χ2n) is 3.33. The molecule has 0 unspecified atom stereocenters. The third kappa shape index (κ3) is 11.2. The molecule has 0 atom stereocenters. The van der Waals surface area contributed by atoms with E-state index in [1.807, 2.05) is 0 Å². The zero-order valence-corrected chi connectivity index (χ0v) is 8.59. The molecule has 0 aromatic heterocycles. The van der Waals surface area contributed by atoms with Gasteiger partial charge in [-0.3, -0.25) is 4.79 Å². The molecular weight excluding hydrogens is 162 g/mol. The van der Waals surface area contributed by atoms with Gasteiger partial charge in [0.05, 0.1) is 0 Å². The molecule has 2 heteroatoms. The molecule has 2 N–H and O–H groups in total. The maximum Gasteiger partial charge on any atom is 0.217 e. The van der Waals surface area contributed by atoms with Gasteiger partial charge in [0.1, 0.15) is 0 Å². The van der Waals surface area contributed by atoms with E-state index in [-0.39, 0.29) is 5.91 Å². The van der Waals surface area contributed by atoms with Crippen LogP contribution in [0.3, 0.4) is 0 Å². The highest BCUT2D eigenvalue weighted by atomic mass is 16.1. The van der Waals surface area contributed by atoms with Crippen LogP contribution in [0.1, 0.15) is 51.9 Å². The smallest absolute Gasteiger partial charge is 0.217 e. The molecule has 0 radical (unpaired) electrons. The van der Waals surface area contributed by atoms with E-state index >= 15 is 0 Å². The Morgan fingerprint density at radius 2 is 1.77 bits per heavy atom. The summed E-state index contributed by atoms with van der Waals surface area (Å²) >= 11 is 0. The van der Waals surface area contributed by atoms with Crippen molar-refractivity contribution in [1.29, 1.82) is 0 Å². The molecule has 0 heterocycles. The first-order chi connectivity index (χ1) is 6.27. The second-order valence-corrected chi connectivity index (χ2v) is 3.33. The lowest BCUT2D eigenvalue weighted by molar-refractivity contribution is -0.118. The molecule has 0 aliphatic rings. The summed E-state index contributed by atoms with van der Waals surface area (Å²) in [5.74, 6) is -0.185. The summed E-state index contributed by atoms with van der Waals surface area (Å²) < 4.78 is 0. The number of rotatable bonds is 8. The van der Waals surface area contributed by atoms with Crippen molar-refractivity contribution >= 4 is 5.91 Å². The van der Waals surface area contributed by atoms with Crippen molar-refractivity contribution < 1.29 is 4.79 Å². The molecule has 0 aliphatic heterocycles. The van der Waals surface area contributed by atoms with E-state index in [2.05, 4.69) is 19.1 Å². The van der Waals surface area contributed by atoms with Crippen molar-refractivity contribution in [2.75, 3.05) is 0 Å². The molecule has 76 valence electrons. The van der Waals surface area contributed by atoms with Crippen LogP contribution in [-0.4, -0.2) is 5.91 Å². The lowest BCUT2D eigenvalue weighted by atomic mass is 10.1. The van der Waals surface area contributed by atoms with Gasteiger partial charge in [-0.15, -0.1) is 0 Å². The predicted molar refractivity (Wildman–Crippen MR) is 56.3 cm³/mol. The van der Waals surface area contributed by atoms with E-state index in [1.165, 1.54) is 19.3 Å². The Kier molecular flexibility index (Phi) is 8.73. The average Bonchev–Trinajstić information content (AvgIpc) is 2.09. The zero-order valence-electron chi connectivity index (χ0n) is 8.59. The molecule has 0 saturated carbocycles. The van der Waals surface area contributed by atoms with Crippen molar-refractivity contribution in [2.24, 2.45) is 5.73 Å². The summed E-state index contributed by atoms with van der Waals surface area (Å²) in [5, 5.41) is 0. The normalized spacial score (nSPS) is 10.8. The van der Waals surface area contributed by atoms with E-state index < -0.39 is 0 Å². The molecule has 0 bridgehead atoms. The standard InChI is InChI=1S/C11H21NO/c1-2-3-4-5-6-7-8-9-10-11(12)13/h5-6H,2-4,7-10H2,1H3,(H2,12,13). The number of primary amides is 1. The highest BCUT2D eigenvalue weighted by molar-refractivity contribution is 5.73. The molecular formula is C11H21NO. The Bertz CT molecular complexity index is 152. The molecule has 0 aromatic carbocycles. The Morgan fingerprint density at radius 3 is 2.31 bits per heavy atom. The van der Waals surface area contributed by atoms with Crippen molar-refractivity contribution in [2.45, 2.75) is 51.9 Å². The van der Waals surface area contributed by atoms with Gasteiger partial charge < -0.3 is 5.73 Å². The van der Waals surface area contributed by atoms with Crippen LogP contribution in [0, 0.1) is 0 Å². The van der Waals surface area contributed by atoms with Crippen molar-refractivity contribution in [3.05, 3.63) is 12.2 Å². The van der Waals surface area contributed by atoms with Gasteiger partial charge in [0.25, 0.3) is 0 Å². The lowest BCUT2D eigenvalue weighted by Crippen LogP contribution is -2.09. The summed E-state index contributed by atoms with van der Waals surface area (Å²) in [6.07, 6.45) is 11.8. The van der Waals surface area contributed by atoms with Crippen LogP contribution < -0.4 is 5.73 Å². The highest BCUT2D eigenvalue weighted by Gasteiger charge is 1.91. The monoisotopic (exact) mass is 183 g/mol. The molecule has 0 aliphatic carbocycles. The zero-order chi connectivity index (χ0) is 9.94. The maximum absolute atomic E-state index is 10.4. The second kappa shape index (κ2) is 9.30. The molecule has 13 heavy (non-hydrogen) atoms. The number of carbonyl (C=O) groups is 1. The van der Waals surface area contributed by atoms with Crippen molar-refractivity contribution in [3.8, 4) is 0 Å². The first kappa shape index (κ1) is 12.2. The minimum atomic E-state index is -0.185. The van der Waals surface area contributed by atoms with Crippen LogP contribution >= 0.6 is 0 Å². The first-order valence-corrected chi connectivity index (χ1v) is 5.20. The number of hydrogen-bond donors (Lipinski definition) is 1. The number of amides is 1. The summed E-state index contributed by atoms with van der Waals surface area (Å²) in [7, 11) is 0. The number of carbonyl (C=O) groups excluding carboxylic acids is 1. The van der Waals surface area contributed by atoms with Crippen LogP contribution in [0.15, 0.2) is 12.2 Å². The third-order valence-electron chi connectivity index (χ3n) is 1.93. The quantitative estimate of drug-likeness (QED) is 0.456. The molecule has 2 nitrogen and oxygen atoms in total. The van der Waals surface area contributed by atoms with Gasteiger partial charge in [-0.25, -0.2) is 0 Å². The van der Waals surface area contributed by atoms with Crippen LogP contribution in [0.4, 0.5) is 0 Å². The Morgan fingerprint density at radius 1 is 1.15 bits per heavy atom. The fourth-order valence-electron chi connectivity index (χ4n) is 1.12. The van der Waals surface area contributed by atoms with Crippen LogP contribution in [0.25, 0.3) is 0 Å². The minimum Gasteiger partial charge on any atom is -0.370 e. The largest absolute Gasteiger partial charge is 0.370 e. The molecule has 0 fully saturated rings. The van der Waals surface area contributed by atoms with Crippen LogP contribution in [-0.2, 0) is 4.79 Å². The molecule has 0 saturated heterocycles. The summed E-state index contributed by atoms with van der Waals surface area (Å²) in [5.41, 5.74) is 5.02. The number of allylic oxidation sites excluding steroid dienone is 2. The fraction of sp³-hybridized carbons (Fsp3) is 0.727. The molecule has 1 amide bonds. The molecule has 0 aromatic rings. The summed E-state index contributed by atoms with van der Waals surface area (Å²) in [4.78, 5) is 10.4. The molecule has 0 spiro atoms. The fourth-order valence-corrected chi connectivity index (χ4v) is 1.12. The van der Waals surface area contributed by atoms with Crippen molar-refractivity contribution in [1.82, 2.24) is 0 Å². The van der Waals surface area contributed by atoms with Gasteiger partial charge in [-0.2, -0.15) is 0 Å². The van der Waals surface area contributed by atoms with Gasteiger partial charge in [-0.05, 0) is 25.7 Å². The SMILES string of the molecule is CCCCC=CCCCCC(N)=O. The number of nitrogens with two attached hydrogens (primary N) is 1. The topological polar surface area (TPSA) is 43.1 Å². The highest BCUT2D eigenvalue weighted by Crippen LogP contribution is 2.02. The Labute approximate surface area is 81.2 Å². The average molecular weight is 183 g/mol. The number of hydrogen-bond acceptors (Lipinski definition) is 1. The van der Waals surface area contributed by atoms with E-state index in [4.69, 9.17) is 5.73 Å². The van der Waals surface area contributed by atoms with Gasteiger partial charge in [0.2, 0.25) is 5.91 Å². The molecule has 0 rings (SSSR count). The van der Waals surface area contributed by atoms with E-state index in [9.17, 15) is 4.79 Å². The van der Waals surface area contributed by atoms with Gasteiger partial charge in [0, 0.05) is 6.42 Å². The summed E-state index contributed by atoms with van der Waals surface area (Å²) in [6, 6.07) is 0. The Hall–Kier alpha value is -0.790. The lowest BCUT2D eigenvalue weighted by Gasteiger charge is -1.93. The maximum atomic E-state index is 10.4. The van der Waals surface area contributed by atoms with Crippen LogP contribution in [0.2, 0.25) is 0 Å². The first-order valence-electron chi connectivity index (χ1n) is 5.20. The summed E-state index contributed by atoms with van der Waals surface area (Å²) in [6.45, 7) is 2.20. The van der Waals surface area contributed by atoms with Crippen molar-refractivity contribution in [3.63, 3.8) is 0 Å². The van der Waals surface area contributed by atoms with Gasteiger partial charge in [-0.1, -0.05) is 31.9 Å². The number of unbranched alkanes of at least 4 members (excludes halogenated alkanes) is 4. The van der Waals surface area contributed by atoms with Gasteiger partial charge in [0.15, 0.2) is 0 Å². The third-order valence-corrected chi connectivity index (χ3v) is 1.93. The Balaban J connectivity index is 3.06. The minimum absolute atomic E-state index is 0.185. The van der Waals surface area contributed by atoms with E-state index in [0.717, 1.165) is 19.3 Å². The van der Waals surface area contributed by atoms with Crippen LogP contribution in [0.5, 0.6) is 0 Å².